The summed E-state index contributed by atoms with van der Waals surface area (Å²) in [6, 6.07) is 7.43. The van der Waals surface area contributed by atoms with E-state index in [1.165, 1.54) is 0 Å². The Hall–Kier alpha value is -0.720. The first-order chi connectivity index (χ1) is 12.9. The normalized spacial score (nSPS) is 12.5. The van der Waals surface area contributed by atoms with E-state index in [2.05, 4.69) is 0 Å². The van der Waals surface area contributed by atoms with E-state index in [1.54, 1.807) is 34.8 Å². The van der Waals surface area contributed by atoms with E-state index in [0.717, 1.165) is 15.8 Å². The smallest absolute Gasteiger partial charge is 0.417 e. The first-order valence-electron chi connectivity index (χ1n) is 9.08. The van der Waals surface area contributed by atoms with Crippen LogP contribution in [0.25, 0.3) is 0 Å². The van der Waals surface area contributed by atoms with Crippen LogP contribution in [0, 0.1) is 0 Å². The van der Waals surface area contributed by atoms with E-state index in [1.807, 2.05) is 24.3 Å². The fourth-order valence-corrected chi connectivity index (χ4v) is 6.76. The number of rotatable bonds is 14. The van der Waals surface area contributed by atoms with Crippen LogP contribution in [0.4, 0.5) is 0 Å². The van der Waals surface area contributed by atoms with Gasteiger partial charge in [-0.05, 0) is 51.8 Å². The predicted molar refractivity (Wildman–Crippen MR) is 105 cm³/mol. The molecule has 0 atom stereocenters. The third-order valence-corrected chi connectivity index (χ3v) is 8.68. The summed E-state index contributed by atoms with van der Waals surface area (Å²) >= 11 is 0. The number of hydrogen-bond donors (Lipinski definition) is 0. The van der Waals surface area contributed by atoms with Gasteiger partial charge in [-0.25, -0.2) is 9.13 Å². The molecular weight excluding hydrogens is 392 g/mol. The highest BCUT2D eigenvalue weighted by molar-refractivity contribution is 7.67. The summed E-state index contributed by atoms with van der Waals surface area (Å²) in [5, 5.41) is 0. The summed E-state index contributed by atoms with van der Waals surface area (Å²) in [4.78, 5) is 0. The van der Waals surface area contributed by atoms with Crippen molar-refractivity contribution in [2.24, 2.45) is 0 Å². The molecule has 0 saturated carbocycles. The van der Waals surface area contributed by atoms with Crippen LogP contribution < -0.4 is 4.74 Å². The standard InChI is InChI=1S/C17H31NO7P2/c1-6-22-26(19,23-7-2)18(27(20,24-8-3)25-9-4)15-14-16-10-12-17(21-5)13-11-16/h10-13H,6-9,14-15H2,1-5H3. The average Bonchev–Trinajstić information content (AvgIpc) is 2.63. The van der Waals surface area contributed by atoms with Gasteiger partial charge in [0.25, 0.3) is 0 Å². The van der Waals surface area contributed by atoms with Gasteiger partial charge in [-0.3, -0.25) is 18.1 Å². The summed E-state index contributed by atoms with van der Waals surface area (Å²) < 4.78 is 54.6. The van der Waals surface area contributed by atoms with Crippen LogP contribution in [-0.2, 0) is 33.6 Å². The highest BCUT2D eigenvalue weighted by Gasteiger charge is 2.47. The molecule has 0 amide bonds. The summed E-state index contributed by atoms with van der Waals surface area (Å²) in [6.45, 7) is 7.42. The van der Waals surface area contributed by atoms with Crippen LogP contribution in [0.15, 0.2) is 24.3 Å². The van der Waals surface area contributed by atoms with Gasteiger partial charge >= 0.3 is 15.5 Å². The van der Waals surface area contributed by atoms with E-state index < -0.39 is 15.5 Å². The van der Waals surface area contributed by atoms with Crippen molar-refractivity contribution in [2.75, 3.05) is 40.1 Å². The molecule has 0 aliphatic heterocycles. The van der Waals surface area contributed by atoms with Crippen LogP contribution in [0.2, 0.25) is 0 Å². The molecule has 0 aromatic heterocycles. The molecule has 1 rings (SSSR count). The molecule has 0 N–H and O–H groups in total. The van der Waals surface area contributed by atoms with Gasteiger partial charge < -0.3 is 4.74 Å². The third-order valence-electron chi connectivity index (χ3n) is 3.49. The SMILES string of the molecule is CCOP(=O)(OCC)N(CCc1ccc(OC)cc1)P(=O)(OCC)OCC. The van der Waals surface area contributed by atoms with E-state index in [0.29, 0.717) is 6.42 Å². The van der Waals surface area contributed by atoms with Crippen molar-refractivity contribution in [3.63, 3.8) is 0 Å². The highest BCUT2D eigenvalue weighted by Crippen LogP contribution is 2.68. The average molecular weight is 423 g/mol. The maximum atomic E-state index is 13.4. The maximum Gasteiger partial charge on any atom is 0.417 e. The Labute approximate surface area is 162 Å². The zero-order valence-corrected chi connectivity index (χ0v) is 18.5. The van der Waals surface area contributed by atoms with Crippen LogP contribution in [0.3, 0.4) is 0 Å². The summed E-state index contributed by atoms with van der Waals surface area (Å²) in [7, 11) is -6.14. The van der Waals surface area contributed by atoms with Gasteiger partial charge in [-0.1, -0.05) is 12.1 Å². The van der Waals surface area contributed by atoms with Gasteiger partial charge in [0.2, 0.25) is 0 Å². The van der Waals surface area contributed by atoms with Crippen LogP contribution in [-0.4, -0.2) is 44.5 Å². The largest absolute Gasteiger partial charge is 0.497 e. The fourth-order valence-electron chi connectivity index (χ4n) is 2.39. The Bertz CT molecular complexity index is 589. The lowest BCUT2D eigenvalue weighted by atomic mass is 10.1. The molecule has 0 saturated heterocycles. The van der Waals surface area contributed by atoms with Crippen molar-refractivity contribution in [3.8, 4) is 5.75 Å². The topological polar surface area (TPSA) is 83.5 Å². The molecule has 156 valence electrons. The quantitative estimate of drug-likeness (QED) is 0.391. The molecular formula is C17H31NO7P2. The second-order valence-corrected chi connectivity index (χ2v) is 9.49. The monoisotopic (exact) mass is 423 g/mol. The summed E-state index contributed by atoms with van der Waals surface area (Å²) in [5.74, 6) is 0.735. The van der Waals surface area contributed by atoms with Crippen molar-refractivity contribution in [3.05, 3.63) is 29.8 Å². The van der Waals surface area contributed by atoms with Crippen LogP contribution in [0.5, 0.6) is 5.75 Å². The molecule has 1 aromatic carbocycles. The Balaban J connectivity index is 3.17. The number of hydrogen-bond acceptors (Lipinski definition) is 7. The molecule has 0 heterocycles. The lowest BCUT2D eigenvalue weighted by Crippen LogP contribution is -2.25. The molecule has 1 aromatic rings. The van der Waals surface area contributed by atoms with Gasteiger partial charge in [0.15, 0.2) is 0 Å². The first-order valence-corrected chi connectivity index (χ1v) is 12.1. The van der Waals surface area contributed by atoms with E-state index in [-0.39, 0.29) is 33.0 Å². The Morgan fingerprint density at radius 3 is 1.52 bits per heavy atom. The molecule has 8 nitrogen and oxygen atoms in total. The van der Waals surface area contributed by atoms with E-state index in [4.69, 9.17) is 22.8 Å². The molecule has 10 heteroatoms. The minimum absolute atomic E-state index is 0.112. The number of nitrogens with zero attached hydrogens (tertiary/aromatic N) is 1. The van der Waals surface area contributed by atoms with Crippen molar-refractivity contribution in [1.82, 2.24) is 4.44 Å². The van der Waals surface area contributed by atoms with Gasteiger partial charge in [-0.2, -0.15) is 0 Å². The van der Waals surface area contributed by atoms with Gasteiger partial charge in [0, 0.05) is 6.54 Å². The summed E-state index contributed by atoms with van der Waals surface area (Å²) in [6.07, 6.45) is 0.443. The molecule has 0 aliphatic carbocycles. The number of methoxy groups -OCH3 is 1. The van der Waals surface area contributed by atoms with E-state index >= 15 is 0 Å². The second kappa shape index (κ2) is 12.0. The molecule has 0 fully saturated rings. The highest BCUT2D eigenvalue weighted by atomic mass is 31.3. The lowest BCUT2D eigenvalue weighted by Gasteiger charge is -2.33. The first kappa shape index (κ1) is 24.3. The minimum Gasteiger partial charge on any atom is -0.497 e. The van der Waals surface area contributed by atoms with Gasteiger partial charge in [-0.15, -0.1) is 4.44 Å². The van der Waals surface area contributed by atoms with Crippen molar-refractivity contribution in [2.45, 2.75) is 34.1 Å². The summed E-state index contributed by atoms with van der Waals surface area (Å²) in [5.41, 5.74) is 0.944. The van der Waals surface area contributed by atoms with Crippen LogP contribution in [0.1, 0.15) is 33.3 Å². The zero-order chi connectivity index (χ0) is 20.3. The van der Waals surface area contributed by atoms with Gasteiger partial charge in [0.05, 0.1) is 33.5 Å². The predicted octanol–water partition coefficient (Wildman–Crippen LogP) is 4.90. The van der Waals surface area contributed by atoms with E-state index in [9.17, 15) is 9.13 Å². The number of ether oxygens (including phenoxy) is 1. The van der Waals surface area contributed by atoms with Crippen LogP contribution >= 0.6 is 15.5 Å². The third kappa shape index (κ3) is 6.99. The molecule has 0 spiro atoms. The molecule has 0 radical (unpaired) electrons. The maximum absolute atomic E-state index is 13.4. The Kier molecular flexibility index (Phi) is 10.8. The molecule has 0 aliphatic rings. The second-order valence-electron chi connectivity index (χ2n) is 5.30. The Morgan fingerprint density at radius 1 is 0.778 bits per heavy atom. The fraction of sp³-hybridized carbons (Fsp3) is 0.647. The number of benzene rings is 1. The molecule has 0 bridgehead atoms. The minimum atomic E-state index is -3.87. The lowest BCUT2D eigenvalue weighted by molar-refractivity contribution is 0.152. The molecule has 0 unspecified atom stereocenters. The van der Waals surface area contributed by atoms with Crippen molar-refractivity contribution < 1.29 is 32.0 Å². The van der Waals surface area contributed by atoms with Crippen molar-refractivity contribution >= 4 is 15.5 Å². The van der Waals surface area contributed by atoms with Crippen molar-refractivity contribution in [1.29, 1.82) is 0 Å². The van der Waals surface area contributed by atoms with Gasteiger partial charge in [0.1, 0.15) is 5.75 Å². The zero-order valence-electron chi connectivity index (χ0n) is 16.8. The molecule has 27 heavy (non-hydrogen) atoms. The Morgan fingerprint density at radius 2 is 1.19 bits per heavy atom.